The molecule has 1 saturated carbocycles. The number of aryl methyl sites for hydroxylation is 1. The maximum absolute atomic E-state index is 13.3. The van der Waals surface area contributed by atoms with Crippen molar-refractivity contribution in [1.82, 2.24) is 4.90 Å². The molecule has 6 heteroatoms. The molecule has 180 valence electrons. The third-order valence-electron chi connectivity index (χ3n) is 6.69. The van der Waals surface area contributed by atoms with Crippen LogP contribution in [-0.2, 0) is 9.59 Å². The van der Waals surface area contributed by atoms with Crippen molar-refractivity contribution in [3.63, 3.8) is 0 Å². The van der Waals surface area contributed by atoms with Gasteiger partial charge in [0.2, 0.25) is 0 Å². The lowest BCUT2D eigenvalue weighted by atomic mass is 9.91. The van der Waals surface area contributed by atoms with Gasteiger partial charge in [-0.2, -0.15) is 0 Å². The second kappa shape index (κ2) is 9.92. The summed E-state index contributed by atoms with van der Waals surface area (Å²) >= 11 is 0. The van der Waals surface area contributed by atoms with Crippen molar-refractivity contribution >= 4 is 17.4 Å². The molecule has 1 aliphatic heterocycles. The van der Waals surface area contributed by atoms with Crippen LogP contribution in [0.15, 0.2) is 48.0 Å². The van der Waals surface area contributed by atoms with Gasteiger partial charge in [-0.15, -0.1) is 0 Å². The molecule has 34 heavy (non-hydrogen) atoms. The molecular formula is C28H33NO5. The average Bonchev–Trinajstić information content (AvgIpc) is 3.10. The van der Waals surface area contributed by atoms with Gasteiger partial charge in [-0.05, 0) is 75.1 Å². The van der Waals surface area contributed by atoms with Crippen molar-refractivity contribution in [1.29, 1.82) is 0 Å². The van der Waals surface area contributed by atoms with E-state index in [0.29, 0.717) is 11.3 Å². The molecule has 4 rings (SSSR count). The molecule has 1 unspecified atom stereocenters. The van der Waals surface area contributed by atoms with E-state index in [2.05, 4.69) is 0 Å². The fourth-order valence-electron chi connectivity index (χ4n) is 5.04. The largest absolute Gasteiger partial charge is 0.507 e. The van der Waals surface area contributed by atoms with E-state index >= 15 is 0 Å². The lowest BCUT2D eigenvalue weighted by Crippen LogP contribution is -2.40. The molecule has 1 N–H and O–H groups in total. The Labute approximate surface area is 201 Å². The predicted molar refractivity (Wildman–Crippen MR) is 131 cm³/mol. The maximum Gasteiger partial charge on any atom is 0.295 e. The van der Waals surface area contributed by atoms with E-state index in [-0.39, 0.29) is 23.5 Å². The first-order valence-corrected chi connectivity index (χ1v) is 12.0. The quantitative estimate of drug-likeness (QED) is 0.346. The standard InChI is InChI=1S/C28H33NO5/c1-17(2)34-23-15-12-20(16-18(23)3)26(30)24-25(19-10-13-22(33-4)14-11-19)29(28(32)27(24)31)21-8-6-5-7-9-21/h10-17,21,25,30H,5-9H2,1-4H3/b26-24-. The van der Waals surface area contributed by atoms with Crippen LogP contribution in [0.25, 0.3) is 5.76 Å². The minimum absolute atomic E-state index is 0.0221. The maximum atomic E-state index is 13.3. The summed E-state index contributed by atoms with van der Waals surface area (Å²) in [6.45, 7) is 5.81. The van der Waals surface area contributed by atoms with Gasteiger partial charge in [0.05, 0.1) is 24.8 Å². The number of likely N-dealkylation sites (tertiary alicyclic amines) is 1. The number of benzene rings is 2. The Hall–Kier alpha value is -3.28. The molecule has 0 radical (unpaired) electrons. The Kier molecular flexibility index (Phi) is 6.96. The molecule has 6 nitrogen and oxygen atoms in total. The van der Waals surface area contributed by atoms with Crippen LogP contribution in [0.3, 0.4) is 0 Å². The number of carbonyl (C=O) groups is 2. The van der Waals surface area contributed by atoms with Crippen LogP contribution in [0, 0.1) is 6.92 Å². The number of hydrogen-bond donors (Lipinski definition) is 1. The van der Waals surface area contributed by atoms with Crippen molar-refractivity contribution in [2.24, 2.45) is 0 Å². The molecule has 1 atom stereocenters. The van der Waals surface area contributed by atoms with Crippen LogP contribution in [0.1, 0.15) is 68.7 Å². The summed E-state index contributed by atoms with van der Waals surface area (Å²) in [5, 5.41) is 11.4. The summed E-state index contributed by atoms with van der Waals surface area (Å²) in [5.74, 6) is 0.0853. The topological polar surface area (TPSA) is 76.1 Å². The van der Waals surface area contributed by atoms with Crippen molar-refractivity contribution in [2.45, 2.75) is 71.1 Å². The summed E-state index contributed by atoms with van der Waals surface area (Å²) < 4.78 is 11.1. The number of hydrogen-bond acceptors (Lipinski definition) is 5. The zero-order valence-electron chi connectivity index (χ0n) is 20.3. The fourth-order valence-corrected chi connectivity index (χ4v) is 5.04. The molecule has 2 fully saturated rings. The van der Waals surface area contributed by atoms with Gasteiger partial charge in [0.15, 0.2) is 0 Å². The van der Waals surface area contributed by atoms with Gasteiger partial charge in [0, 0.05) is 11.6 Å². The van der Waals surface area contributed by atoms with Crippen LogP contribution in [0.4, 0.5) is 0 Å². The number of ketones is 1. The minimum Gasteiger partial charge on any atom is -0.507 e. The molecule has 1 amide bonds. The van der Waals surface area contributed by atoms with Crippen LogP contribution in [0.2, 0.25) is 0 Å². The number of ether oxygens (including phenoxy) is 2. The highest BCUT2D eigenvalue weighted by molar-refractivity contribution is 6.46. The smallest absolute Gasteiger partial charge is 0.295 e. The van der Waals surface area contributed by atoms with E-state index in [1.54, 1.807) is 30.2 Å². The molecule has 0 bridgehead atoms. The van der Waals surface area contributed by atoms with Gasteiger partial charge >= 0.3 is 0 Å². The Morgan fingerprint density at radius 3 is 2.29 bits per heavy atom. The highest BCUT2D eigenvalue weighted by Crippen LogP contribution is 2.43. The zero-order valence-corrected chi connectivity index (χ0v) is 20.3. The van der Waals surface area contributed by atoms with Crippen molar-refractivity contribution in [3.05, 3.63) is 64.7 Å². The Morgan fingerprint density at radius 2 is 1.71 bits per heavy atom. The number of rotatable bonds is 6. The van der Waals surface area contributed by atoms with Crippen LogP contribution in [0.5, 0.6) is 11.5 Å². The number of amides is 1. The van der Waals surface area contributed by atoms with E-state index < -0.39 is 17.7 Å². The molecule has 1 saturated heterocycles. The monoisotopic (exact) mass is 463 g/mol. The van der Waals surface area contributed by atoms with Gasteiger partial charge in [-0.1, -0.05) is 31.4 Å². The molecule has 2 aliphatic rings. The van der Waals surface area contributed by atoms with Crippen LogP contribution >= 0.6 is 0 Å². The minimum atomic E-state index is -0.638. The van der Waals surface area contributed by atoms with Gasteiger partial charge < -0.3 is 19.5 Å². The summed E-state index contributed by atoms with van der Waals surface area (Å²) in [7, 11) is 1.60. The molecule has 1 aliphatic carbocycles. The average molecular weight is 464 g/mol. The number of Topliss-reactive ketones (excluding diaryl/α,β-unsaturated/α-hetero) is 1. The second-order valence-electron chi connectivity index (χ2n) is 9.42. The summed E-state index contributed by atoms with van der Waals surface area (Å²) in [4.78, 5) is 28.3. The van der Waals surface area contributed by atoms with Gasteiger partial charge in [0.1, 0.15) is 17.3 Å². The Morgan fingerprint density at radius 1 is 1.03 bits per heavy atom. The van der Waals surface area contributed by atoms with Gasteiger partial charge in [-0.25, -0.2) is 0 Å². The fraction of sp³-hybridized carbons (Fsp3) is 0.429. The zero-order chi connectivity index (χ0) is 24.4. The summed E-state index contributed by atoms with van der Waals surface area (Å²) in [5.41, 5.74) is 2.26. The second-order valence-corrected chi connectivity index (χ2v) is 9.42. The Balaban J connectivity index is 1.82. The van der Waals surface area contributed by atoms with Crippen molar-refractivity contribution < 1.29 is 24.2 Å². The number of aliphatic hydroxyl groups excluding tert-OH is 1. The molecule has 2 aromatic rings. The lowest BCUT2D eigenvalue weighted by Gasteiger charge is -2.35. The highest BCUT2D eigenvalue weighted by atomic mass is 16.5. The van der Waals surface area contributed by atoms with E-state index in [9.17, 15) is 14.7 Å². The summed E-state index contributed by atoms with van der Waals surface area (Å²) in [6, 6.07) is 12.0. The highest BCUT2D eigenvalue weighted by Gasteiger charge is 2.48. The first-order chi connectivity index (χ1) is 16.3. The number of aliphatic hydroxyl groups is 1. The van der Waals surface area contributed by atoms with Crippen molar-refractivity contribution in [3.8, 4) is 11.5 Å². The van der Waals surface area contributed by atoms with Crippen LogP contribution < -0.4 is 9.47 Å². The molecular weight excluding hydrogens is 430 g/mol. The van der Waals surface area contributed by atoms with Crippen LogP contribution in [-0.4, -0.2) is 41.0 Å². The van der Waals surface area contributed by atoms with E-state index in [0.717, 1.165) is 49.0 Å². The molecule has 1 heterocycles. The SMILES string of the molecule is COc1ccc(C2/C(=C(/O)c3ccc(OC(C)C)c(C)c3)C(=O)C(=O)N2C2CCCCC2)cc1. The normalized spacial score (nSPS) is 20.7. The van der Waals surface area contributed by atoms with Crippen molar-refractivity contribution in [2.75, 3.05) is 7.11 Å². The van der Waals surface area contributed by atoms with Gasteiger partial charge in [-0.3, -0.25) is 9.59 Å². The van der Waals surface area contributed by atoms with E-state index in [1.807, 2.05) is 45.0 Å². The first kappa shape index (κ1) is 23.9. The molecule has 0 aromatic heterocycles. The summed E-state index contributed by atoms with van der Waals surface area (Å²) in [6.07, 6.45) is 4.94. The third-order valence-corrected chi connectivity index (χ3v) is 6.69. The first-order valence-electron chi connectivity index (χ1n) is 12.0. The third kappa shape index (κ3) is 4.54. The predicted octanol–water partition coefficient (Wildman–Crippen LogP) is 5.55. The number of nitrogens with zero attached hydrogens (tertiary/aromatic N) is 1. The lowest BCUT2D eigenvalue weighted by molar-refractivity contribution is -0.141. The van der Waals surface area contributed by atoms with E-state index in [4.69, 9.17) is 9.47 Å². The number of methoxy groups -OCH3 is 1. The van der Waals surface area contributed by atoms with E-state index in [1.165, 1.54) is 0 Å². The molecule has 0 spiro atoms. The Bertz CT molecular complexity index is 1100. The molecule has 2 aromatic carbocycles. The van der Waals surface area contributed by atoms with Gasteiger partial charge in [0.25, 0.3) is 11.7 Å². The number of carbonyl (C=O) groups excluding carboxylic acids is 2.